The Morgan fingerprint density at radius 1 is 1.24 bits per heavy atom. The van der Waals surface area contributed by atoms with E-state index in [-0.39, 0.29) is 17.6 Å². The molecule has 0 saturated heterocycles. The van der Waals surface area contributed by atoms with Crippen molar-refractivity contribution in [3.05, 3.63) is 11.6 Å². The van der Waals surface area contributed by atoms with Gasteiger partial charge in [0.15, 0.2) is 0 Å². The molecule has 5 heteroatoms. The summed E-state index contributed by atoms with van der Waals surface area (Å²) in [7, 11) is 0. The smallest absolute Gasteiger partial charge is 0.331 e. The van der Waals surface area contributed by atoms with E-state index >= 15 is 0 Å². The Labute approximate surface area is 102 Å². The van der Waals surface area contributed by atoms with E-state index in [1.807, 2.05) is 6.92 Å². The summed E-state index contributed by atoms with van der Waals surface area (Å²) in [5.74, 6) is -2.05. The van der Waals surface area contributed by atoms with Crippen LogP contribution in [-0.2, 0) is 9.59 Å². The fraction of sp³-hybridized carbons (Fsp3) is 0.667. The number of unbranched alkanes of at least 4 members (excludes halogenated alkanes) is 1. The summed E-state index contributed by atoms with van der Waals surface area (Å²) in [4.78, 5) is 21.3. The Morgan fingerprint density at radius 2 is 1.82 bits per heavy atom. The van der Waals surface area contributed by atoms with Gasteiger partial charge in [-0.1, -0.05) is 39.5 Å². The van der Waals surface area contributed by atoms with Crippen LogP contribution in [0.2, 0.25) is 0 Å². The van der Waals surface area contributed by atoms with Crippen LogP contribution in [0, 0.1) is 5.92 Å². The number of carboxylic acid groups (broad SMARTS) is 2. The van der Waals surface area contributed by atoms with Crippen LogP contribution in [-0.4, -0.2) is 22.2 Å². The first-order valence-electron chi connectivity index (χ1n) is 5.68. The summed E-state index contributed by atoms with van der Waals surface area (Å²) in [5.41, 5.74) is -0.00421. The van der Waals surface area contributed by atoms with Crippen molar-refractivity contribution in [1.29, 1.82) is 0 Å². The van der Waals surface area contributed by atoms with E-state index in [2.05, 4.69) is 6.92 Å². The molecule has 0 fully saturated rings. The van der Waals surface area contributed by atoms with Crippen LogP contribution in [0.3, 0.4) is 0 Å². The lowest BCUT2D eigenvalue weighted by Crippen LogP contribution is -2.09. The molecule has 0 aromatic rings. The van der Waals surface area contributed by atoms with Crippen molar-refractivity contribution in [3.8, 4) is 0 Å². The molecular formula is C12H23NO4. The standard InChI is InChI=1S/C12H20O4.H3N/c1-3-5-6-9(4-2)7-10(12(15)16)8-11(13)14;/h8-9H,3-7H2,1-2H3,(H,13,14)(H,15,16);1H3. The van der Waals surface area contributed by atoms with Crippen LogP contribution >= 0.6 is 0 Å². The van der Waals surface area contributed by atoms with Gasteiger partial charge in [0, 0.05) is 11.6 Å². The van der Waals surface area contributed by atoms with Crippen LogP contribution in [0.15, 0.2) is 11.6 Å². The number of carboxylic acids is 2. The molecule has 0 aromatic carbocycles. The molecule has 0 rings (SSSR count). The zero-order valence-corrected chi connectivity index (χ0v) is 10.6. The molecule has 1 atom stereocenters. The Kier molecular flexibility index (Phi) is 10.4. The minimum absolute atomic E-state index is 0. The predicted octanol–water partition coefficient (Wildman–Crippen LogP) is 2.85. The lowest BCUT2D eigenvalue weighted by Gasteiger charge is -2.14. The molecule has 17 heavy (non-hydrogen) atoms. The summed E-state index contributed by atoms with van der Waals surface area (Å²) >= 11 is 0. The average molecular weight is 245 g/mol. The zero-order valence-electron chi connectivity index (χ0n) is 10.6. The van der Waals surface area contributed by atoms with E-state index in [0.29, 0.717) is 6.42 Å². The summed E-state index contributed by atoms with van der Waals surface area (Å²) < 4.78 is 0. The van der Waals surface area contributed by atoms with E-state index in [1.165, 1.54) is 0 Å². The minimum atomic E-state index is -1.19. The fourth-order valence-electron chi connectivity index (χ4n) is 1.61. The molecular weight excluding hydrogens is 222 g/mol. The molecule has 0 bridgehead atoms. The highest BCUT2D eigenvalue weighted by atomic mass is 16.4. The number of hydrogen-bond donors (Lipinski definition) is 3. The van der Waals surface area contributed by atoms with Crippen molar-refractivity contribution < 1.29 is 19.8 Å². The Hall–Kier alpha value is -1.36. The van der Waals surface area contributed by atoms with Gasteiger partial charge in [-0.15, -0.1) is 0 Å². The third-order valence-corrected chi connectivity index (χ3v) is 2.62. The normalized spacial score (nSPS) is 12.7. The maximum Gasteiger partial charge on any atom is 0.331 e. The molecule has 0 spiro atoms. The van der Waals surface area contributed by atoms with Gasteiger partial charge in [0.05, 0.1) is 0 Å². The second kappa shape index (κ2) is 9.84. The molecule has 100 valence electrons. The number of rotatable bonds is 8. The molecule has 0 radical (unpaired) electrons. The first kappa shape index (κ1) is 18.0. The van der Waals surface area contributed by atoms with Crippen molar-refractivity contribution in [2.24, 2.45) is 5.92 Å². The molecule has 0 aliphatic carbocycles. The van der Waals surface area contributed by atoms with Crippen molar-refractivity contribution in [3.63, 3.8) is 0 Å². The highest BCUT2D eigenvalue weighted by Gasteiger charge is 2.15. The average Bonchev–Trinajstić information content (AvgIpc) is 2.21. The summed E-state index contributed by atoms with van der Waals surface area (Å²) in [5, 5.41) is 17.4. The minimum Gasteiger partial charge on any atom is -0.478 e. The van der Waals surface area contributed by atoms with Gasteiger partial charge >= 0.3 is 11.9 Å². The van der Waals surface area contributed by atoms with Crippen molar-refractivity contribution in [1.82, 2.24) is 6.15 Å². The van der Waals surface area contributed by atoms with Crippen molar-refractivity contribution >= 4 is 11.9 Å². The molecule has 0 aliphatic heterocycles. The van der Waals surface area contributed by atoms with Gasteiger partial charge in [-0.05, 0) is 12.3 Å². The molecule has 5 N–H and O–H groups in total. The third-order valence-electron chi connectivity index (χ3n) is 2.62. The predicted molar refractivity (Wildman–Crippen MR) is 66.3 cm³/mol. The first-order valence-corrected chi connectivity index (χ1v) is 5.68. The largest absolute Gasteiger partial charge is 0.478 e. The Balaban J connectivity index is 0. The molecule has 0 heterocycles. The van der Waals surface area contributed by atoms with Gasteiger partial charge in [-0.3, -0.25) is 0 Å². The van der Waals surface area contributed by atoms with Crippen LogP contribution in [0.1, 0.15) is 46.0 Å². The SMILES string of the molecule is CCCCC(CC)CC(=CC(=O)O)C(=O)O.N. The van der Waals surface area contributed by atoms with Crippen molar-refractivity contribution in [2.75, 3.05) is 0 Å². The summed E-state index contributed by atoms with van der Waals surface area (Å²) in [6.07, 6.45) is 5.11. The Morgan fingerprint density at radius 3 is 2.18 bits per heavy atom. The topological polar surface area (TPSA) is 110 Å². The molecule has 1 unspecified atom stereocenters. The van der Waals surface area contributed by atoms with E-state index in [0.717, 1.165) is 31.8 Å². The van der Waals surface area contributed by atoms with E-state index in [4.69, 9.17) is 10.2 Å². The van der Waals surface area contributed by atoms with Gasteiger partial charge < -0.3 is 16.4 Å². The quantitative estimate of drug-likeness (QED) is 0.569. The van der Waals surface area contributed by atoms with Gasteiger partial charge in [-0.2, -0.15) is 0 Å². The van der Waals surface area contributed by atoms with Gasteiger partial charge in [0.2, 0.25) is 0 Å². The maximum atomic E-state index is 10.8. The van der Waals surface area contributed by atoms with Crippen LogP contribution in [0.4, 0.5) is 0 Å². The van der Waals surface area contributed by atoms with Gasteiger partial charge in [0.1, 0.15) is 0 Å². The molecule has 0 aromatic heterocycles. The van der Waals surface area contributed by atoms with E-state index in [1.54, 1.807) is 0 Å². The maximum absolute atomic E-state index is 10.8. The molecule has 0 amide bonds. The number of hydrogen-bond acceptors (Lipinski definition) is 3. The lowest BCUT2D eigenvalue weighted by atomic mass is 9.92. The van der Waals surface area contributed by atoms with Crippen LogP contribution in [0.25, 0.3) is 0 Å². The van der Waals surface area contributed by atoms with Crippen molar-refractivity contribution in [2.45, 2.75) is 46.0 Å². The van der Waals surface area contributed by atoms with Crippen LogP contribution < -0.4 is 6.15 Å². The van der Waals surface area contributed by atoms with Crippen LogP contribution in [0.5, 0.6) is 0 Å². The first-order chi connectivity index (χ1) is 7.51. The molecule has 0 aliphatic rings. The second-order valence-electron chi connectivity index (χ2n) is 3.93. The monoisotopic (exact) mass is 245 g/mol. The zero-order chi connectivity index (χ0) is 12.6. The summed E-state index contributed by atoms with van der Waals surface area (Å²) in [6, 6.07) is 0. The highest BCUT2D eigenvalue weighted by molar-refractivity contribution is 5.94. The fourth-order valence-corrected chi connectivity index (χ4v) is 1.61. The lowest BCUT2D eigenvalue weighted by molar-refractivity contribution is -0.135. The van der Waals surface area contributed by atoms with E-state index < -0.39 is 11.9 Å². The number of aliphatic carboxylic acids is 2. The molecule has 0 saturated carbocycles. The number of carbonyl (C=O) groups is 2. The summed E-state index contributed by atoms with van der Waals surface area (Å²) in [6.45, 7) is 4.08. The van der Waals surface area contributed by atoms with Gasteiger partial charge in [-0.25, -0.2) is 9.59 Å². The van der Waals surface area contributed by atoms with E-state index in [9.17, 15) is 9.59 Å². The Bertz CT molecular complexity index is 274. The molecule has 5 nitrogen and oxygen atoms in total. The second-order valence-corrected chi connectivity index (χ2v) is 3.93. The third kappa shape index (κ3) is 8.45. The van der Waals surface area contributed by atoms with Gasteiger partial charge in [0.25, 0.3) is 0 Å². The highest BCUT2D eigenvalue weighted by Crippen LogP contribution is 2.21.